The third kappa shape index (κ3) is 2.53. The first-order valence-corrected chi connectivity index (χ1v) is 6.64. The third-order valence-corrected chi connectivity index (χ3v) is 3.28. The molecule has 1 fully saturated rings. The molecule has 0 N–H and O–H groups in total. The summed E-state index contributed by atoms with van der Waals surface area (Å²) in [7, 11) is 0. The van der Waals surface area contributed by atoms with Gasteiger partial charge in [0.1, 0.15) is 11.0 Å². The summed E-state index contributed by atoms with van der Waals surface area (Å²) in [5.74, 6) is 2.20. The fourth-order valence-corrected chi connectivity index (χ4v) is 2.12. The Bertz CT molecular complexity index is 660. The topological polar surface area (TPSA) is 73.8 Å². The average Bonchev–Trinajstić information content (AvgIpc) is 3.13. The Balaban J connectivity index is 1.91. The second-order valence-electron chi connectivity index (χ2n) is 4.60. The van der Waals surface area contributed by atoms with E-state index in [9.17, 15) is 4.79 Å². The second kappa shape index (κ2) is 4.77. The van der Waals surface area contributed by atoms with Crippen LogP contribution in [0.3, 0.4) is 0 Å². The SMILES string of the molecule is CCc1nc(Cl)cc(=O)n1Cc1noc(C2CC2)n1. The first-order valence-electron chi connectivity index (χ1n) is 6.26. The number of hydrogen-bond donors (Lipinski definition) is 0. The molecule has 0 bridgehead atoms. The molecule has 0 atom stereocenters. The molecule has 2 aromatic heterocycles. The highest BCUT2D eigenvalue weighted by molar-refractivity contribution is 6.29. The van der Waals surface area contributed by atoms with Crippen molar-refractivity contribution in [3.63, 3.8) is 0 Å². The molecule has 0 radical (unpaired) electrons. The molecule has 0 aliphatic heterocycles. The van der Waals surface area contributed by atoms with Crippen molar-refractivity contribution in [3.8, 4) is 0 Å². The van der Waals surface area contributed by atoms with Gasteiger partial charge in [0.25, 0.3) is 5.56 Å². The van der Waals surface area contributed by atoms with E-state index in [1.54, 1.807) is 0 Å². The maximum Gasteiger partial charge on any atom is 0.255 e. The maximum absolute atomic E-state index is 11.9. The van der Waals surface area contributed by atoms with Gasteiger partial charge in [-0.1, -0.05) is 23.7 Å². The lowest BCUT2D eigenvalue weighted by Crippen LogP contribution is -2.25. The Kier molecular flexibility index (Phi) is 3.10. The summed E-state index contributed by atoms with van der Waals surface area (Å²) in [5.41, 5.74) is -0.199. The Morgan fingerprint density at radius 1 is 1.47 bits per heavy atom. The van der Waals surface area contributed by atoms with E-state index in [2.05, 4.69) is 15.1 Å². The molecule has 1 saturated carbocycles. The first-order chi connectivity index (χ1) is 9.17. The highest BCUT2D eigenvalue weighted by atomic mass is 35.5. The van der Waals surface area contributed by atoms with Crippen molar-refractivity contribution in [3.05, 3.63) is 39.1 Å². The van der Waals surface area contributed by atoms with E-state index < -0.39 is 0 Å². The van der Waals surface area contributed by atoms with E-state index in [0.29, 0.717) is 29.9 Å². The number of halogens is 1. The van der Waals surface area contributed by atoms with Crippen LogP contribution in [0.15, 0.2) is 15.4 Å². The summed E-state index contributed by atoms with van der Waals surface area (Å²) >= 11 is 5.78. The fourth-order valence-electron chi connectivity index (χ4n) is 1.93. The second-order valence-corrected chi connectivity index (χ2v) is 4.98. The quantitative estimate of drug-likeness (QED) is 0.798. The molecule has 3 rings (SSSR count). The van der Waals surface area contributed by atoms with Crippen LogP contribution in [0, 0.1) is 0 Å². The summed E-state index contributed by atoms with van der Waals surface area (Å²) in [5, 5.41) is 4.12. The lowest BCUT2D eigenvalue weighted by Gasteiger charge is -2.08. The standard InChI is InChI=1S/C12H13ClN4O2/c1-2-10-14-8(13)5-11(18)17(10)6-9-15-12(19-16-9)7-3-4-7/h5,7H,2-4,6H2,1H3. The van der Waals surface area contributed by atoms with Crippen LogP contribution in [0.1, 0.15) is 43.2 Å². The number of hydrogen-bond acceptors (Lipinski definition) is 5. The van der Waals surface area contributed by atoms with Crippen LogP contribution in [0.2, 0.25) is 5.15 Å². The van der Waals surface area contributed by atoms with Crippen LogP contribution < -0.4 is 5.56 Å². The maximum atomic E-state index is 11.9. The molecule has 0 amide bonds. The first kappa shape index (κ1) is 12.3. The van der Waals surface area contributed by atoms with Crippen LogP contribution in [0.25, 0.3) is 0 Å². The number of aryl methyl sites for hydroxylation is 1. The summed E-state index contributed by atoms with van der Waals surface area (Å²) in [6.07, 6.45) is 2.82. The van der Waals surface area contributed by atoms with Crippen molar-refractivity contribution >= 4 is 11.6 Å². The zero-order valence-corrected chi connectivity index (χ0v) is 11.2. The van der Waals surface area contributed by atoms with Crippen LogP contribution in [0.5, 0.6) is 0 Å². The molecule has 2 aromatic rings. The Morgan fingerprint density at radius 2 is 2.26 bits per heavy atom. The Labute approximate surface area is 114 Å². The molecule has 19 heavy (non-hydrogen) atoms. The minimum absolute atomic E-state index is 0.199. The van der Waals surface area contributed by atoms with Crippen LogP contribution in [0.4, 0.5) is 0 Å². The van der Waals surface area contributed by atoms with Gasteiger partial charge in [-0.15, -0.1) is 0 Å². The lowest BCUT2D eigenvalue weighted by molar-refractivity contribution is 0.372. The molecule has 6 nitrogen and oxygen atoms in total. The van der Waals surface area contributed by atoms with E-state index in [1.165, 1.54) is 10.6 Å². The highest BCUT2D eigenvalue weighted by Crippen LogP contribution is 2.38. The molecule has 1 aliphatic carbocycles. The number of rotatable bonds is 4. The van der Waals surface area contributed by atoms with Crippen molar-refractivity contribution in [1.82, 2.24) is 19.7 Å². The minimum atomic E-state index is -0.199. The molecular formula is C12H13ClN4O2. The van der Waals surface area contributed by atoms with E-state index >= 15 is 0 Å². The van der Waals surface area contributed by atoms with E-state index in [-0.39, 0.29) is 17.3 Å². The van der Waals surface area contributed by atoms with Gasteiger partial charge >= 0.3 is 0 Å². The zero-order chi connectivity index (χ0) is 13.4. The van der Waals surface area contributed by atoms with Crippen molar-refractivity contribution in [2.45, 2.75) is 38.6 Å². The molecule has 7 heteroatoms. The van der Waals surface area contributed by atoms with Crippen molar-refractivity contribution in [1.29, 1.82) is 0 Å². The number of aromatic nitrogens is 4. The summed E-state index contributed by atoms with van der Waals surface area (Å²) in [4.78, 5) is 20.4. The predicted molar refractivity (Wildman–Crippen MR) is 68.3 cm³/mol. The molecule has 0 aromatic carbocycles. The van der Waals surface area contributed by atoms with Gasteiger partial charge in [0.2, 0.25) is 5.89 Å². The van der Waals surface area contributed by atoms with Gasteiger partial charge in [-0.05, 0) is 12.8 Å². The third-order valence-electron chi connectivity index (χ3n) is 3.08. The molecule has 100 valence electrons. The van der Waals surface area contributed by atoms with Crippen LogP contribution in [-0.2, 0) is 13.0 Å². The van der Waals surface area contributed by atoms with Gasteiger partial charge in [0.05, 0.1) is 6.54 Å². The van der Waals surface area contributed by atoms with Gasteiger partial charge in [0, 0.05) is 18.4 Å². The smallest absolute Gasteiger partial charge is 0.255 e. The lowest BCUT2D eigenvalue weighted by atomic mass is 10.4. The van der Waals surface area contributed by atoms with E-state index in [1.807, 2.05) is 6.92 Å². The van der Waals surface area contributed by atoms with Gasteiger partial charge in [-0.2, -0.15) is 4.98 Å². The molecule has 0 spiro atoms. The highest BCUT2D eigenvalue weighted by Gasteiger charge is 2.29. The van der Waals surface area contributed by atoms with Gasteiger partial charge < -0.3 is 4.52 Å². The summed E-state index contributed by atoms with van der Waals surface area (Å²) in [6, 6.07) is 1.29. The van der Waals surface area contributed by atoms with E-state index in [4.69, 9.17) is 16.1 Å². The molecule has 0 saturated heterocycles. The summed E-state index contributed by atoms with van der Waals surface area (Å²) < 4.78 is 6.70. The predicted octanol–water partition coefficient (Wildman–Crippen LogP) is 1.77. The molecule has 0 unspecified atom stereocenters. The molecular weight excluding hydrogens is 268 g/mol. The van der Waals surface area contributed by atoms with Crippen molar-refractivity contribution < 1.29 is 4.52 Å². The number of nitrogens with zero attached hydrogens (tertiary/aromatic N) is 4. The van der Waals surface area contributed by atoms with E-state index in [0.717, 1.165) is 12.8 Å². The minimum Gasteiger partial charge on any atom is -0.339 e. The van der Waals surface area contributed by atoms with Gasteiger partial charge in [0.15, 0.2) is 5.82 Å². The average molecular weight is 281 g/mol. The van der Waals surface area contributed by atoms with Crippen molar-refractivity contribution in [2.75, 3.05) is 0 Å². The monoisotopic (exact) mass is 280 g/mol. The van der Waals surface area contributed by atoms with Crippen LogP contribution in [-0.4, -0.2) is 19.7 Å². The Morgan fingerprint density at radius 3 is 2.95 bits per heavy atom. The van der Waals surface area contributed by atoms with Crippen LogP contribution >= 0.6 is 11.6 Å². The molecule has 2 heterocycles. The molecule has 1 aliphatic rings. The van der Waals surface area contributed by atoms with Gasteiger partial charge in [-0.25, -0.2) is 4.98 Å². The van der Waals surface area contributed by atoms with Crippen molar-refractivity contribution in [2.24, 2.45) is 0 Å². The Hall–Kier alpha value is -1.69. The summed E-state index contributed by atoms with van der Waals surface area (Å²) in [6.45, 7) is 2.18. The van der Waals surface area contributed by atoms with Gasteiger partial charge in [-0.3, -0.25) is 9.36 Å². The fraction of sp³-hybridized carbons (Fsp3) is 0.500. The normalized spacial score (nSPS) is 14.8. The largest absolute Gasteiger partial charge is 0.339 e. The zero-order valence-electron chi connectivity index (χ0n) is 10.5.